The van der Waals surface area contributed by atoms with Crippen molar-refractivity contribution in [3.05, 3.63) is 60.7 Å². The van der Waals surface area contributed by atoms with Crippen LogP contribution >= 0.6 is 0 Å². The molecule has 3 nitrogen and oxygen atoms in total. The van der Waals surface area contributed by atoms with Crippen LogP contribution < -0.4 is 10.3 Å². The number of aromatic amines is 1. The third kappa shape index (κ3) is 3.03. The first-order valence-electron chi connectivity index (χ1n) is 7.12. The highest BCUT2D eigenvalue weighted by Gasteiger charge is 2.12. The van der Waals surface area contributed by atoms with E-state index in [-0.39, 0.29) is 0 Å². The highest BCUT2D eigenvalue weighted by atomic mass is 16.5. The molecule has 0 radical (unpaired) electrons. The van der Waals surface area contributed by atoms with E-state index < -0.39 is 0 Å². The zero-order valence-electron chi connectivity index (χ0n) is 12.1. The second kappa shape index (κ2) is 6.37. The third-order valence-electron chi connectivity index (χ3n) is 3.48. The topological polar surface area (TPSA) is 35.4 Å². The summed E-state index contributed by atoms with van der Waals surface area (Å²) in [5, 5.41) is 4.64. The maximum atomic E-state index is 5.12. The quantitative estimate of drug-likeness (QED) is 0.727. The first-order chi connectivity index (χ1) is 10.4. The van der Waals surface area contributed by atoms with Gasteiger partial charge in [-0.1, -0.05) is 30.3 Å². The van der Waals surface area contributed by atoms with Gasteiger partial charge >= 0.3 is 0 Å². The molecule has 0 saturated carbocycles. The van der Waals surface area contributed by atoms with Gasteiger partial charge in [-0.3, -0.25) is 0 Å². The molecule has 0 atom stereocenters. The average molecular weight is 279 g/mol. The molecule has 0 fully saturated rings. The summed E-state index contributed by atoms with van der Waals surface area (Å²) in [6.07, 6.45) is 0. The third-order valence-corrected chi connectivity index (χ3v) is 3.48. The molecule has 3 heteroatoms. The maximum Gasteiger partial charge on any atom is 0.213 e. The van der Waals surface area contributed by atoms with E-state index in [0.717, 1.165) is 23.4 Å². The minimum Gasteiger partial charge on any atom is -0.383 e. The van der Waals surface area contributed by atoms with Gasteiger partial charge in [-0.05, 0) is 18.2 Å². The minimum atomic E-state index is 0.688. The van der Waals surface area contributed by atoms with Crippen molar-refractivity contribution in [2.24, 2.45) is 0 Å². The van der Waals surface area contributed by atoms with E-state index in [2.05, 4.69) is 58.8 Å². The number of hydrogen-bond acceptors (Lipinski definition) is 2. The molecule has 21 heavy (non-hydrogen) atoms. The lowest BCUT2D eigenvalue weighted by Crippen LogP contribution is -2.13. The van der Waals surface area contributed by atoms with E-state index in [1.54, 1.807) is 7.11 Å². The summed E-state index contributed by atoms with van der Waals surface area (Å²) in [7, 11) is 1.72. The van der Waals surface area contributed by atoms with Gasteiger partial charge in [0.25, 0.3) is 0 Å². The van der Waals surface area contributed by atoms with E-state index in [9.17, 15) is 0 Å². The highest BCUT2D eigenvalue weighted by molar-refractivity contribution is 5.90. The SMILES string of the molecule is COCCNc1cc(-c2ccccc2)[nH+]c2ccccc12. The number of rotatable bonds is 5. The molecule has 2 aromatic carbocycles. The van der Waals surface area contributed by atoms with Gasteiger partial charge < -0.3 is 10.1 Å². The molecule has 3 rings (SSSR count). The lowest BCUT2D eigenvalue weighted by Gasteiger charge is -2.08. The van der Waals surface area contributed by atoms with Gasteiger partial charge in [-0.2, -0.15) is 0 Å². The number of fused-ring (bicyclic) bond motifs is 1. The summed E-state index contributed by atoms with van der Waals surface area (Å²) in [5.74, 6) is 0. The number of para-hydroxylation sites is 1. The van der Waals surface area contributed by atoms with Crippen LogP contribution in [0.5, 0.6) is 0 Å². The Morgan fingerprint density at radius 1 is 1.00 bits per heavy atom. The standard InChI is InChI=1S/C18H18N2O/c1-21-12-11-19-18-13-17(14-7-3-2-4-8-14)20-16-10-6-5-9-15(16)18/h2-10,13H,11-12H2,1H3,(H,19,20)/p+1. The first kappa shape index (κ1) is 13.6. The van der Waals surface area contributed by atoms with Crippen LogP contribution in [-0.4, -0.2) is 20.3 Å². The molecule has 1 aromatic heterocycles. The monoisotopic (exact) mass is 279 g/mol. The molecule has 0 aliphatic carbocycles. The van der Waals surface area contributed by atoms with Crippen molar-refractivity contribution in [2.75, 3.05) is 25.6 Å². The van der Waals surface area contributed by atoms with Crippen molar-refractivity contribution >= 4 is 16.6 Å². The van der Waals surface area contributed by atoms with Gasteiger partial charge in [0.2, 0.25) is 11.2 Å². The van der Waals surface area contributed by atoms with Gasteiger partial charge in [0.15, 0.2) is 0 Å². The van der Waals surface area contributed by atoms with Gasteiger partial charge in [0.05, 0.1) is 17.7 Å². The predicted molar refractivity (Wildman–Crippen MR) is 86.3 cm³/mol. The van der Waals surface area contributed by atoms with Crippen LogP contribution in [0, 0.1) is 0 Å². The Hall–Kier alpha value is -2.39. The Kier molecular flexibility index (Phi) is 4.12. The molecular weight excluding hydrogens is 260 g/mol. The molecule has 3 aromatic rings. The van der Waals surface area contributed by atoms with Crippen molar-refractivity contribution in [3.8, 4) is 11.3 Å². The largest absolute Gasteiger partial charge is 0.383 e. The van der Waals surface area contributed by atoms with E-state index >= 15 is 0 Å². The summed E-state index contributed by atoms with van der Waals surface area (Å²) in [6, 6.07) is 20.8. The van der Waals surface area contributed by atoms with E-state index in [1.165, 1.54) is 10.9 Å². The van der Waals surface area contributed by atoms with Crippen molar-refractivity contribution in [3.63, 3.8) is 0 Å². The molecule has 0 aliphatic rings. The van der Waals surface area contributed by atoms with Gasteiger partial charge in [-0.25, -0.2) is 4.98 Å². The molecular formula is C18H19N2O+. The van der Waals surface area contributed by atoms with Crippen molar-refractivity contribution in [1.82, 2.24) is 0 Å². The number of H-pyrrole nitrogens is 1. The summed E-state index contributed by atoms with van der Waals surface area (Å²) >= 11 is 0. The number of anilines is 1. The second-order valence-electron chi connectivity index (χ2n) is 4.93. The van der Waals surface area contributed by atoms with Crippen LogP contribution in [0.3, 0.4) is 0 Å². The molecule has 0 aliphatic heterocycles. The number of hydrogen-bond donors (Lipinski definition) is 1. The van der Waals surface area contributed by atoms with Crippen molar-refractivity contribution < 1.29 is 9.72 Å². The Morgan fingerprint density at radius 3 is 2.57 bits per heavy atom. The maximum absolute atomic E-state index is 5.12. The predicted octanol–water partition coefficient (Wildman–Crippen LogP) is 3.38. The van der Waals surface area contributed by atoms with Crippen LogP contribution in [0.1, 0.15) is 0 Å². The van der Waals surface area contributed by atoms with Crippen LogP contribution in [0.15, 0.2) is 60.7 Å². The van der Waals surface area contributed by atoms with Crippen LogP contribution in [0.2, 0.25) is 0 Å². The van der Waals surface area contributed by atoms with Gasteiger partial charge in [0.1, 0.15) is 0 Å². The van der Waals surface area contributed by atoms with Crippen LogP contribution in [0.4, 0.5) is 5.69 Å². The van der Waals surface area contributed by atoms with Crippen LogP contribution in [-0.2, 0) is 4.74 Å². The first-order valence-corrected chi connectivity index (χ1v) is 7.12. The number of benzene rings is 2. The number of nitrogens with one attached hydrogen (secondary N) is 2. The molecule has 106 valence electrons. The number of ether oxygens (including phenoxy) is 1. The number of pyridine rings is 1. The van der Waals surface area contributed by atoms with Crippen LogP contribution in [0.25, 0.3) is 22.2 Å². The van der Waals surface area contributed by atoms with Crippen molar-refractivity contribution in [1.29, 1.82) is 0 Å². The summed E-state index contributed by atoms with van der Waals surface area (Å²) in [4.78, 5) is 3.50. The molecule has 0 saturated heterocycles. The molecule has 1 heterocycles. The fourth-order valence-electron chi connectivity index (χ4n) is 2.44. The molecule has 2 N–H and O–H groups in total. The van der Waals surface area contributed by atoms with Gasteiger partial charge in [-0.15, -0.1) is 0 Å². The normalized spacial score (nSPS) is 10.7. The summed E-state index contributed by atoms with van der Waals surface area (Å²) in [5.41, 5.74) is 4.53. The average Bonchev–Trinajstić information content (AvgIpc) is 2.55. The Bertz CT molecular complexity index is 726. The summed E-state index contributed by atoms with van der Waals surface area (Å²) in [6.45, 7) is 1.48. The summed E-state index contributed by atoms with van der Waals surface area (Å²) < 4.78 is 5.12. The molecule has 0 spiro atoms. The zero-order chi connectivity index (χ0) is 14.5. The fraction of sp³-hybridized carbons (Fsp3) is 0.167. The molecule has 0 amide bonds. The Balaban J connectivity index is 2.06. The van der Waals surface area contributed by atoms with E-state index in [0.29, 0.717) is 6.61 Å². The fourth-order valence-corrected chi connectivity index (χ4v) is 2.44. The lowest BCUT2D eigenvalue weighted by atomic mass is 10.1. The number of methoxy groups -OCH3 is 1. The highest BCUT2D eigenvalue weighted by Crippen LogP contribution is 2.25. The minimum absolute atomic E-state index is 0.688. The molecule has 0 bridgehead atoms. The Morgan fingerprint density at radius 2 is 1.76 bits per heavy atom. The van der Waals surface area contributed by atoms with Gasteiger partial charge in [0, 0.05) is 31.4 Å². The smallest absolute Gasteiger partial charge is 0.213 e. The zero-order valence-corrected chi connectivity index (χ0v) is 12.1. The lowest BCUT2D eigenvalue weighted by molar-refractivity contribution is -0.330. The van der Waals surface area contributed by atoms with Crippen molar-refractivity contribution in [2.45, 2.75) is 0 Å². The Labute approximate surface area is 124 Å². The number of aromatic nitrogens is 1. The second-order valence-corrected chi connectivity index (χ2v) is 4.93. The molecule has 0 unspecified atom stereocenters. The van der Waals surface area contributed by atoms with E-state index in [1.807, 2.05) is 12.1 Å². The van der Waals surface area contributed by atoms with E-state index in [4.69, 9.17) is 4.74 Å².